The predicted molar refractivity (Wildman–Crippen MR) is 80.7 cm³/mol. The molecule has 0 saturated carbocycles. The van der Waals surface area contributed by atoms with Crippen molar-refractivity contribution in [1.29, 1.82) is 0 Å². The lowest BCUT2D eigenvalue weighted by molar-refractivity contribution is -0.137. The summed E-state index contributed by atoms with van der Waals surface area (Å²) in [5, 5.41) is 1.84. The van der Waals surface area contributed by atoms with Gasteiger partial charge in [-0.2, -0.15) is 13.2 Å². The Morgan fingerprint density at radius 2 is 1.92 bits per heavy atom. The Labute approximate surface area is 141 Å². The third kappa shape index (κ3) is 6.32. The van der Waals surface area contributed by atoms with Crippen LogP contribution < -0.4 is 15.8 Å². The van der Waals surface area contributed by atoms with Crippen LogP contribution in [0.2, 0.25) is 0 Å². The molecule has 1 aromatic rings. The van der Waals surface area contributed by atoms with Crippen molar-refractivity contribution < 1.29 is 31.5 Å². The minimum Gasteiger partial charge on any atom is -0.489 e. The summed E-state index contributed by atoms with van der Waals surface area (Å²) in [7, 11) is 0. The van der Waals surface area contributed by atoms with Gasteiger partial charge >= 0.3 is 6.18 Å². The fourth-order valence-electron chi connectivity index (χ4n) is 1.54. The molecule has 0 spiro atoms. The molecule has 1 aromatic carbocycles. The van der Waals surface area contributed by atoms with Gasteiger partial charge in [0.1, 0.15) is 12.4 Å². The van der Waals surface area contributed by atoms with Gasteiger partial charge in [0.05, 0.1) is 24.2 Å². The molecule has 0 saturated heterocycles. The number of hydrogen-bond donors (Lipinski definition) is 2. The maximum atomic E-state index is 13.0. The molecule has 24 heavy (non-hydrogen) atoms. The zero-order chi connectivity index (χ0) is 17.7. The van der Waals surface area contributed by atoms with E-state index in [4.69, 9.17) is 10.5 Å². The van der Waals surface area contributed by atoms with E-state index in [-0.39, 0.29) is 24.8 Å². The van der Waals surface area contributed by atoms with Crippen LogP contribution in [0.15, 0.2) is 30.9 Å². The molecule has 0 heterocycles. The molecule has 1 rings (SSSR count). The second-order valence-corrected chi connectivity index (χ2v) is 4.55. The first-order valence-electron chi connectivity index (χ1n) is 6.42. The summed E-state index contributed by atoms with van der Waals surface area (Å²) >= 11 is 0. The van der Waals surface area contributed by atoms with Crippen LogP contribution >= 0.6 is 12.4 Å². The van der Waals surface area contributed by atoms with Crippen molar-refractivity contribution in [1.82, 2.24) is 5.32 Å². The molecule has 0 bridgehead atoms. The highest BCUT2D eigenvalue weighted by Crippen LogP contribution is 2.32. The van der Waals surface area contributed by atoms with Crippen molar-refractivity contribution in [2.45, 2.75) is 12.1 Å². The fraction of sp³-hybridized carbons (Fsp3) is 0.357. The molecule has 0 unspecified atom stereocenters. The molecule has 136 valence electrons. The SMILES string of the molecule is C=CCOc1ccc(C(F)(F)F)cc1C(=O)NCC(F)(F)CN.Cl. The zero-order valence-electron chi connectivity index (χ0n) is 12.3. The highest BCUT2D eigenvalue weighted by atomic mass is 35.5. The zero-order valence-corrected chi connectivity index (χ0v) is 13.1. The van der Waals surface area contributed by atoms with Crippen molar-refractivity contribution >= 4 is 18.3 Å². The van der Waals surface area contributed by atoms with Crippen molar-refractivity contribution in [3.05, 3.63) is 42.0 Å². The Morgan fingerprint density at radius 1 is 1.29 bits per heavy atom. The van der Waals surface area contributed by atoms with Gasteiger partial charge in [0.25, 0.3) is 11.8 Å². The largest absolute Gasteiger partial charge is 0.489 e. The minimum atomic E-state index is -4.69. The Bertz CT molecular complexity index is 579. The number of halogens is 6. The van der Waals surface area contributed by atoms with Crippen molar-refractivity contribution in [2.24, 2.45) is 5.73 Å². The normalized spacial score (nSPS) is 11.4. The summed E-state index contributed by atoms with van der Waals surface area (Å²) in [5.41, 5.74) is 3.22. The topological polar surface area (TPSA) is 64.3 Å². The van der Waals surface area contributed by atoms with Crippen molar-refractivity contribution in [2.75, 3.05) is 19.7 Å². The Hall–Kier alpha value is -1.87. The highest BCUT2D eigenvalue weighted by molar-refractivity contribution is 5.97. The number of carbonyl (C=O) groups is 1. The maximum Gasteiger partial charge on any atom is 0.416 e. The van der Waals surface area contributed by atoms with Gasteiger partial charge in [-0.05, 0) is 18.2 Å². The van der Waals surface area contributed by atoms with Crippen LogP contribution in [0, 0.1) is 0 Å². The second-order valence-electron chi connectivity index (χ2n) is 4.55. The van der Waals surface area contributed by atoms with E-state index in [2.05, 4.69) is 6.58 Å². The Kier molecular flexibility index (Phi) is 8.15. The monoisotopic (exact) mass is 374 g/mol. The number of rotatable bonds is 7. The summed E-state index contributed by atoms with van der Waals surface area (Å²) in [6.07, 6.45) is -3.37. The highest BCUT2D eigenvalue weighted by Gasteiger charge is 2.33. The summed E-state index contributed by atoms with van der Waals surface area (Å²) in [6.45, 7) is 1.20. The smallest absolute Gasteiger partial charge is 0.416 e. The van der Waals surface area contributed by atoms with Gasteiger partial charge in [-0.3, -0.25) is 4.79 Å². The van der Waals surface area contributed by atoms with Gasteiger partial charge in [0.2, 0.25) is 0 Å². The molecule has 0 aliphatic heterocycles. The number of nitrogens with one attached hydrogen (secondary N) is 1. The number of hydrogen-bond acceptors (Lipinski definition) is 3. The lowest BCUT2D eigenvalue weighted by Gasteiger charge is -2.17. The van der Waals surface area contributed by atoms with E-state index in [0.29, 0.717) is 6.07 Å². The first kappa shape index (κ1) is 22.1. The lowest BCUT2D eigenvalue weighted by Crippen LogP contribution is -2.41. The number of nitrogens with two attached hydrogens (primary N) is 1. The van der Waals surface area contributed by atoms with Gasteiger partial charge in [0, 0.05) is 0 Å². The Morgan fingerprint density at radius 3 is 2.42 bits per heavy atom. The molecular weight excluding hydrogens is 359 g/mol. The van der Waals surface area contributed by atoms with E-state index in [1.54, 1.807) is 0 Å². The third-order valence-electron chi connectivity index (χ3n) is 2.71. The van der Waals surface area contributed by atoms with Crippen LogP contribution in [0.1, 0.15) is 15.9 Å². The maximum absolute atomic E-state index is 13.0. The quantitative estimate of drug-likeness (QED) is 0.569. The van der Waals surface area contributed by atoms with Gasteiger partial charge in [-0.15, -0.1) is 12.4 Å². The molecule has 0 atom stereocenters. The average Bonchev–Trinajstić information content (AvgIpc) is 2.49. The van der Waals surface area contributed by atoms with Crippen LogP contribution in [-0.2, 0) is 6.18 Å². The molecule has 1 amide bonds. The van der Waals surface area contributed by atoms with Gasteiger partial charge in [-0.1, -0.05) is 12.7 Å². The summed E-state index contributed by atoms with van der Waals surface area (Å²) in [4.78, 5) is 11.9. The molecule has 10 heteroatoms. The van der Waals surface area contributed by atoms with Gasteiger partial charge in [0.15, 0.2) is 0 Å². The number of ether oxygens (including phenoxy) is 1. The van der Waals surface area contributed by atoms with Crippen LogP contribution in [0.25, 0.3) is 0 Å². The molecule has 0 radical (unpaired) electrons. The number of benzene rings is 1. The minimum absolute atomic E-state index is 0. The van der Waals surface area contributed by atoms with Crippen LogP contribution in [0.4, 0.5) is 22.0 Å². The van der Waals surface area contributed by atoms with Gasteiger partial charge in [-0.25, -0.2) is 8.78 Å². The average molecular weight is 375 g/mol. The van der Waals surface area contributed by atoms with Crippen molar-refractivity contribution in [3.8, 4) is 5.75 Å². The third-order valence-corrected chi connectivity index (χ3v) is 2.71. The molecule has 0 aliphatic rings. The first-order chi connectivity index (χ1) is 10.6. The van der Waals surface area contributed by atoms with Crippen LogP contribution in [-0.4, -0.2) is 31.5 Å². The van der Waals surface area contributed by atoms with E-state index in [9.17, 15) is 26.7 Å². The summed E-state index contributed by atoms with van der Waals surface area (Å²) in [6, 6.07) is 2.21. The predicted octanol–water partition coefficient (Wildman–Crippen LogP) is 3.02. The van der Waals surface area contributed by atoms with E-state index in [0.717, 1.165) is 12.1 Å². The van der Waals surface area contributed by atoms with E-state index < -0.39 is 42.2 Å². The van der Waals surface area contributed by atoms with Crippen molar-refractivity contribution in [3.63, 3.8) is 0 Å². The number of amides is 1. The van der Waals surface area contributed by atoms with Crippen LogP contribution in [0.3, 0.4) is 0 Å². The van der Waals surface area contributed by atoms with E-state index in [1.807, 2.05) is 5.32 Å². The Balaban J connectivity index is 0.00000529. The molecule has 0 aromatic heterocycles. The first-order valence-corrected chi connectivity index (χ1v) is 6.42. The molecule has 4 nitrogen and oxygen atoms in total. The van der Waals surface area contributed by atoms with Crippen LogP contribution in [0.5, 0.6) is 5.75 Å². The summed E-state index contributed by atoms with van der Waals surface area (Å²) < 4.78 is 69.3. The molecule has 0 fully saturated rings. The lowest BCUT2D eigenvalue weighted by atomic mass is 10.1. The fourth-order valence-corrected chi connectivity index (χ4v) is 1.54. The summed E-state index contributed by atoms with van der Waals surface area (Å²) in [5.74, 6) is -4.66. The van der Waals surface area contributed by atoms with E-state index >= 15 is 0 Å². The standard InChI is InChI=1S/C14H15F5N2O2.ClH/c1-2-5-23-11-4-3-9(14(17,18)19)6-10(11)12(22)21-8-13(15,16)7-20;/h2-4,6H,1,5,7-8,20H2,(H,21,22);1H. The number of carbonyl (C=O) groups excluding carboxylic acids is 1. The van der Waals surface area contributed by atoms with E-state index in [1.165, 1.54) is 6.08 Å². The van der Waals surface area contributed by atoms with Gasteiger partial charge < -0.3 is 15.8 Å². The second kappa shape index (κ2) is 8.84. The molecule has 0 aliphatic carbocycles. The molecular formula is C14H16ClF5N2O2. The molecule has 3 N–H and O–H groups in total. The number of alkyl halides is 5.